The summed E-state index contributed by atoms with van der Waals surface area (Å²) >= 11 is 6.64. The Balaban J connectivity index is 1.85. The van der Waals surface area contributed by atoms with Gasteiger partial charge in [0.1, 0.15) is 10.7 Å². The molecule has 0 aliphatic heterocycles. The molecule has 1 aromatic carbocycles. The molecular weight excluding hydrogens is 250 g/mol. The van der Waals surface area contributed by atoms with Crippen LogP contribution in [0.25, 0.3) is 0 Å². The lowest BCUT2D eigenvalue weighted by Crippen LogP contribution is -2.09. The molecule has 0 saturated carbocycles. The highest BCUT2D eigenvalue weighted by Gasteiger charge is 1.98. The molecule has 1 aromatic heterocycles. The molecule has 0 spiro atoms. The second-order valence-corrected chi connectivity index (χ2v) is 5.04. The van der Waals surface area contributed by atoms with E-state index in [1.165, 1.54) is 4.88 Å². The highest BCUT2D eigenvalue weighted by molar-refractivity contribution is 7.80. The Labute approximate surface area is 110 Å². The Kier molecular flexibility index (Phi) is 4.12. The minimum absolute atomic E-state index is 0.412. The number of rotatable bonds is 5. The first kappa shape index (κ1) is 12.1. The molecule has 2 aromatic rings. The van der Waals surface area contributed by atoms with Crippen LogP contribution in [0, 0.1) is 0 Å². The number of nitrogens with two attached hydrogens (primary N) is 1. The normalized spacial score (nSPS) is 10.1. The van der Waals surface area contributed by atoms with E-state index in [1.54, 1.807) is 11.3 Å². The van der Waals surface area contributed by atoms with Crippen LogP contribution in [0.5, 0.6) is 5.75 Å². The molecule has 4 heteroatoms. The first-order chi connectivity index (χ1) is 8.25. The minimum atomic E-state index is 0.412. The third-order valence-electron chi connectivity index (χ3n) is 2.34. The largest absolute Gasteiger partial charge is 0.493 e. The van der Waals surface area contributed by atoms with E-state index in [0.29, 0.717) is 11.6 Å². The van der Waals surface area contributed by atoms with Gasteiger partial charge < -0.3 is 10.5 Å². The van der Waals surface area contributed by atoms with Crippen LogP contribution in [-0.4, -0.2) is 11.6 Å². The number of ether oxygens (including phenoxy) is 1. The van der Waals surface area contributed by atoms with Crippen molar-refractivity contribution < 1.29 is 4.74 Å². The van der Waals surface area contributed by atoms with Crippen molar-refractivity contribution in [1.82, 2.24) is 0 Å². The highest BCUT2D eigenvalue weighted by atomic mass is 32.1. The van der Waals surface area contributed by atoms with Gasteiger partial charge in [-0.2, -0.15) is 0 Å². The van der Waals surface area contributed by atoms with Crippen molar-refractivity contribution in [3.8, 4) is 5.75 Å². The van der Waals surface area contributed by atoms with Gasteiger partial charge >= 0.3 is 0 Å². The molecule has 0 amide bonds. The van der Waals surface area contributed by atoms with E-state index in [9.17, 15) is 0 Å². The minimum Gasteiger partial charge on any atom is -0.493 e. The van der Waals surface area contributed by atoms with Gasteiger partial charge in [-0.15, -0.1) is 11.3 Å². The zero-order valence-corrected chi connectivity index (χ0v) is 10.9. The molecule has 2 N–H and O–H groups in total. The molecule has 0 atom stereocenters. The van der Waals surface area contributed by atoms with E-state index < -0.39 is 0 Å². The van der Waals surface area contributed by atoms with Gasteiger partial charge in [0, 0.05) is 16.9 Å². The summed E-state index contributed by atoms with van der Waals surface area (Å²) in [4.78, 5) is 1.75. The Morgan fingerprint density at radius 1 is 1.24 bits per heavy atom. The van der Waals surface area contributed by atoms with E-state index in [2.05, 4.69) is 17.5 Å². The topological polar surface area (TPSA) is 35.2 Å². The predicted molar refractivity (Wildman–Crippen MR) is 75.8 cm³/mol. The van der Waals surface area contributed by atoms with Gasteiger partial charge in [-0.25, -0.2) is 0 Å². The maximum atomic E-state index is 5.64. The zero-order valence-electron chi connectivity index (χ0n) is 9.26. The van der Waals surface area contributed by atoms with Gasteiger partial charge in [-0.05, 0) is 35.7 Å². The molecule has 0 fully saturated rings. The number of hydrogen-bond acceptors (Lipinski definition) is 3. The third-order valence-corrected chi connectivity index (χ3v) is 3.51. The van der Waals surface area contributed by atoms with Crippen LogP contribution < -0.4 is 10.5 Å². The molecule has 17 heavy (non-hydrogen) atoms. The van der Waals surface area contributed by atoms with E-state index >= 15 is 0 Å². The van der Waals surface area contributed by atoms with Crippen molar-refractivity contribution in [3.63, 3.8) is 0 Å². The van der Waals surface area contributed by atoms with E-state index in [0.717, 1.165) is 17.7 Å². The zero-order chi connectivity index (χ0) is 12.1. The maximum Gasteiger partial charge on any atom is 0.119 e. The van der Waals surface area contributed by atoms with E-state index in [1.807, 2.05) is 24.3 Å². The first-order valence-corrected chi connectivity index (χ1v) is 6.59. The number of thiocarbonyl (C=S) groups is 1. The second-order valence-electron chi connectivity index (χ2n) is 3.57. The molecule has 1 heterocycles. The van der Waals surface area contributed by atoms with Gasteiger partial charge in [-0.1, -0.05) is 18.3 Å². The molecule has 0 radical (unpaired) electrons. The van der Waals surface area contributed by atoms with Crippen LogP contribution in [0.2, 0.25) is 0 Å². The summed E-state index contributed by atoms with van der Waals surface area (Å²) in [6.07, 6.45) is 0.939. The molecule has 0 bridgehead atoms. The Morgan fingerprint density at radius 2 is 2.00 bits per heavy atom. The average Bonchev–Trinajstić information content (AvgIpc) is 2.83. The van der Waals surface area contributed by atoms with Crippen molar-refractivity contribution in [2.75, 3.05) is 6.61 Å². The number of hydrogen-bond donors (Lipinski definition) is 1. The summed E-state index contributed by atoms with van der Waals surface area (Å²) < 4.78 is 5.64. The molecule has 0 aliphatic rings. The third kappa shape index (κ3) is 3.54. The van der Waals surface area contributed by atoms with Crippen molar-refractivity contribution in [2.24, 2.45) is 5.73 Å². The van der Waals surface area contributed by atoms with Crippen molar-refractivity contribution in [2.45, 2.75) is 6.42 Å². The molecule has 2 rings (SSSR count). The summed E-state index contributed by atoms with van der Waals surface area (Å²) in [5.41, 5.74) is 6.39. The fourth-order valence-corrected chi connectivity index (χ4v) is 2.27. The van der Waals surface area contributed by atoms with Gasteiger partial charge in [-0.3, -0.25) is 0 Å². The summed E-state index contributed by atoms with van der Waals surface area (Å²) in [6.45, 7) is 0.687. The average molecular weight is 263 g/mol. The van der Waals surface area contributed by atoms with E-state index in [-0.39, 0.29) is 0 Å². The summed E-state index contributed by atoms with van der Waals surface area (Å²) in [5.74, 6) is 0.849. The number of benzene rings is 1. The molecule has 0 aliphatic carbocycles. The quantitative estimate of drug-likeness (QED) is 0.842. The predicted octanol–water partition coefficient (Wildman–Crippen LogP) is 3.00. The van der Waals surface area contributed by atoms with Crippen molar-refractivity contribution in [1.29, 1.82) is 0 Å². The molecule has 88 valence electrons. The lowest BCUT2D eigenvalue weighted by Gasteiger charge is -2.06. The lowest BCUT2D eigenvalue weighted by molar-refractivity contribution is 0.323. The standard InChI is InChI=1S/C13H13NOS2/c14-13(16)10-3-5-11(6-4-10)15-8-7-12-2-1-9-17-12/h1-6,9H,7-8H2,(H2,14,16). The molecule has 0 saturated heterocycles. The molecular formula is C13H13NOS2. The van der Waals surface area contributed by atoms with E-state index in [4.69, 9.17) is 22.7 Å². The Bertz CT molecular complexity index is 477. The summed E-state index contributed by atoms with van der Waals surface area (Å²) in [5, 5.41) is 2.08. The van der Waals surface area contributed by atoms with Crippen molar-refractivity contribution >= 4 is 28.5 Å². The Morgan fingerprint density at radius 3 is 2.59 bits per heavy atom. The van der Waals surface area contributed by atoms with Crippen LogP contribution in [0.15, 0.2) is 41.8 Å². The fraction of sp³-hybridized carbons (Fsp3) is 0.154. The van der Waals surface area contributed by atoms with Gasteiger partial charge in [0.15, 0.2) is 0 Å². The van der Waals surface area contributed by atoms with Gasteiger partial charge in [0.05, 0.1) is 6.61 Å². The maximum absolute atomic E-state index is 5.64. The highest BCUT2D eigenvalue weighted by Crippen LogP contribution is 2.14. The number of thiophene rings is 1. The SMILES string of the molecule is NC(=S)c1ccc(OCCc2cccs2)cc1. The van der Waals surface area contributed by atoms with Crippen LogP contribution in [0.3, 0.4) is 0 Å². The monoisotopic (exact) mass is 263 g/mol. The van der Waals surface area contributed by atoms with Gasteiger partial charge in [0.25, 0.3) is 0 Å². The van der Waals surface area contributed by atoms with Crippen LogP contribution in [0.1, 0.15) is 10.4 Å². The smallest absolute Gasteiger partial charge is 0.119 e. The summed E-state index contributed by atoms with van der Waals surface area (Å²) in [7, 11) is 0. The molecule has 0 unspecified atom stereocenters. The van der Waals surface area contributed by atoms with Crippen LogP contribution >= 0.6 is 23.6 Å². The van der Waals surface area contributed by atoms with Crippen LogP contribution in [-0.2, 0) is 6.42 Å². The van der Waals surface area contributed by atoms with Crippen LogP contribution in [0.4, 0.5) is 0 Å². The molecule has 2 nitrogen and oxygen atoms in total. The lowest BCUT2D eigenvalue weighted by atomic mass is 10.2. The Hall–Kier alpha value is -1.39. The summed E-state index contributed by atoms with van der Waals surface area (Å²) in [6, 6.07) is 11.7. The fourth-order valence-electron chi connectivity index (χ4n) is 1.44. The van der Waals surface area contributed by atoms with Gasteiger partial charge in [0.2, 0.25) is 0 Å². The van der Waals surface area contributed by atoms with Crippen molar-refractivity contribution in [3.05, 3.63) is 52.2 Å². The second kappa shape index (κ2) is 5.80. The first-order valence-electron chi connectivity index (χ1n) is 5.31.